The first-order chi connectivity index (χ1) is 13.2. The number of ether oxygens (including phenoxy) is 2. The smallest absolute Gasteiger partial charge is 0.413 e. The third kappa shape index (κ3) is 6.95. The van der Waals surface area contributed by atoms with E-state index in [-0.39, 0.29) is 17.8 Å². The minimum Gasteiger partial charge on any atom is -0.450 e. The largest absolute Gasteiger partial charge is 0.450 e. The van der Waals surface area contributed by atoms with Crippen LogP contribution in [0.1, 0.15) is 52.0 Å². The molecular weight excluding hydrogens is 380 g/mol. The van der Waals surface area contributed by atoms with Crippen LogP contribution in [0.4, 0.5) is 15.4 Å². The van der Waals surface area contributed by atoms with Crippen LogP contribution >= 0.6 is 12.2 Å². The molecule has 1 aromatic rings. The standard InChI is InChI=1S/C19H28N4O4S/c1-5-26-17(24)22-16(28)21-15-7-6-14(12-20-15)13-8-10-23(11-9-13)18(25)27-19(2,3)4/h6-7,12-13H,5,8-11H2,1-4H3,(H2,20,21,22,24,28). The van der Waals surface area contributed by atoms with Crippen molar-refractivity contribution in [2.45, 2.75) is 52.1 Å². The molecule has 0 aliphatic carbocycles. The number of nitrogens with zero attached hydrogens (tertiary/aromatic N) is 2. The molecule has 0 spiro atoms. The van der Waals surface area contributed by atoms with E-state index in [1.165, 1.54) is 0 Å². The van der Waals surface area contributed by atoms with Crippen LogP contribution < -0.4 is 10.6 Å². The lowest BCUT2D eigenvalue weighted by Crippen LogP contribution is -2.41. The van der Waals surface area contributed by atoms with Crippen LogP contribution in [0.3, 0.4) is 0 Å². The highest BCUT2D eigenvalue weighted by molar-refractivity contribution is 7.80. The van der Waals surface area contributed by atoms with E-state index < -0.39 is 11.7 Å². The van der Waals surface area contributed by atoms with Crippen molar-refractivity contribution in [2.24, 2.45) is 0 Å². The van der Waals surface area contributed by atoms with Gasteiger partial charge in [0.1, 0.15) is 11.4 Å². The second kappa shape index (κ2) is 9.68. The Morgan fingerprint density at radius 1 is 1.29 bits per heavy atom. The highest BCUT2D eigenvalue weighted by atomic mass is 32.1. The number of alkyl carbamates (subject to hydrolysis) is 1. The van der Waals surface area contributed by atoms with Crippen LogP contribution in [0.2, 0.25) is 0 Å². The van der Waals surface area contributed by atoms with Gasteiger partial charge in [-0.15, -0.1) is 0 Å². The fourth-order valence-corrected chi connectivity index (χ4v) is 3.04. The molecule has 8 nitrogen and oxygen atoms in total. The first-order valence-corrected chi connectivity index (χ1v) is 9.77. The van der Waals surface area contributed by atoms with E-state index >= 15 is 0 Å². The molecule has 1 aliphatic rings. The van der Waals surface area contributed by atoms with Crippen molar-refractivity contribution in [3.63, 3.8) is 0 Å². The number of carbonyl (C=O) groups excluding carboxylic acids is 2. The van der Waals surface area contributed by atoms with Gasteiger partial charge in [-0.05, 0) is 70.3 Å². The Balaban J connectivity index is 1.83. The average molecular weight is 409 g/mol. The molecule has 1 aliphatic heterocycles. The summed E-state index contributed by atoms with van der Waals surface area (Å²) in [6.07, 6.45) is 2.65. The van der Waals surface area contributed by atoms with Gasteiger partial charge < -0.3 is 19.7 Å². The first kappa shape index (κ1) is 21.9. The summed E-state index contributed by atoms with van der Waals surface area (Å²) in [7, 11) is 0. The molecule has 0 atom stereocenters. The Morgan fingerprint density at radius 2 is 1.96 bits per heavy atom. The lowest BCUT2D eigenvalue weighted by molar-refractivity contribution is 0.0204. The summed E-state index contributed by atoms with van der Waals surface area (Å²) in [5.41, 5.74) is 0.627. The molecule has 1 aromatic heterocycles. The molecular formula is C19H28N4O4S. The number of pyridine rings is 1. The number of aromatic nitrogens is 1. The predicted molar refractivity (Wildman–Crippen MR) is 110 cm³/mol. The summed E-state index contributed by atoms with van der Waals surface area (Å²) < 4.78 is 10.2. The number of amides is 2. The summed E-state index contributed by atoms with van der Waals surface area (Å²) in [6.45, 7) is 8.91. The van der Waals surface area contributed by atoms with Crippen molar-refractivity contribution in [2.75, 3.05) is 25.0 Å². The molecule has 2 rings (SSSR count). The number of nitrogens with one attached hydrogen (secondary N) is 2. The molecule has 2 heterocycles. The number of anilines is 1. The van der Waals surface area contributed by atoms with Crippen LogP contribution in [0.25, 0.3) is 0 Å². The maximum atomic E-state index is 12.2. The zero-order valence-electron chi connectivity index (χ0n) is 16.8. The summed E-state index contributed by atoms with van der Waals surface area (Å²) in [5.74, 6) is 0.876. The molecule has 0 bridgehead atoms. The van der Waals surface area contributed by atoms with Crippen molar-refractivity contribution in [1.29, 1.82) is 0 Å². The van der Waals surface area contributed by atoms with Crippen LogP contribution in [0.15, 0.2) is 18.3 Å². The van der Waals surface area contributed by atoms with Gasteiger partial charge >= 0.3 is 12.2 Å². The van der Waals surface area contributed by atoms with E-state index in [0.29, 0.717) is 24.8 Å². The predicted octanol–water partition coefficient (Wildman–Crippen LogP) is 3.64. The maximum Gasteiger partial charge on any atom is 0.413 e. The number of carbonyl (C=O) groups is 2. The van der Waals surface area contributed by atoms with Crippen molar-refractivity contribution >= 4 is 35.3 Å². The molecule has 28 heavy (non-hydrogen) atoms. The lowest BCUT2D eigenvalue weighted by atomic mass is 9.90. The number of hydrogen-bond donors (Lipinski definition) is 2. The second-order valence-electron chi connectivity index (χ2n) is 7.52. The summed E-state index contributed by atoms with van der Waals surface area (Å²) in [4.78, 5) is 29.6. The van der Waals surface area contributed by atoms with Crippen LogP contribution in [0, 0.1) is 0 Å². The zero-order chi connectivity index (χ0) is 20.7. The normalized spacial score (nSPS) is 14.9. The number of piperidine rings is 1. The van der Waals surface area contributed by atoms with Crippen LogP contribution in [-0.2, 0) is 9.47 Å². The van der Waals surface area contributed by atoms with E-state index in [4.69, 9.17) is 21.7 Å². The average Bonchev–Trinajstić information content (AvgIpc) is 2.61. The Bertz CT molecular complexity index is 695. The van der Waals surface area contributed by atoms with Gasteiger partial charge in [0.05, 0.1) is 6.61 Å². The fraction of sp³-hybridized carbons (Fsp3) is 0.579. The maximum absolute atomic E-state index is 12.2. The van der Waals surface area contributed by atoms with Gasteiger partial charge in [0.25, 0.3) is 0 Å². The van der Waals surface area contributed by atoms with Crippen molar-refractivity contribution < 1.29 is 19.1 Å². The minimum absolute atomic E-state index is 0.129. The van der Waals surface area contributed by atoms with Crippen LogP contribution in [0.5, 0.6) is 0 Å². The molecule has 0 saturated carbocycles. The number of rotatable bonds is 3. The van der Waals surface area contributed by atoms with Gasteiger partial charge in [0.2, 0.25) is 0 Å². The van der Waals surface area contributed by atoms with Gasteiger partial charge in [-0.2, -0.15) is 0 Å². The van der Waals surface area contributed by atoms with Crippen LogP contribution in [-0.4, -0.2) is 52.5 Å². The van der Waals surface area contributed by atoms with Gasteiger partial charge in [0, 0.05) is 19.3 Å². The third-order valence-corrected chi connectivity index (χ3v) is 4.34. The van der Waals surface area contributed by atoms with E-state index in [9.17, 15) is 9.59 Å². The number of thiocarbonyl (C=S) groups is 1. The Labute approximate surface area is 171 Å². The van der Waals surface area contributed by atoms with Gasteiger partial charge in [-0.25, -0.2) is 14.6 Å². The second-order valence-corrected chi connectivity index (χ2v) is 7.93. The first-order valence-electron chi connectivity index (χ1n) is 9.36. The molecule has 1 fully saturated rings. The SMILES string of the molecule is CCOC(=O)NC(=S)Nc1ccc(C2CCN(C(=O)OC(C)(C)C)CC2)cn1. The molecule has 1 saturated heterocycles. The van der Waals surface area contributed by atoms with Crippen molar-refractivity contribution in [3.8, 4) is 0 Å². The minimum atomic E-state index is -0.603. The Kier molecular flexibility index (Phi) is 7.56. The Morgan fingerprint density at radius 3 is 2.50 bits per heavy atom. The highest BCUT2D eigenvalue weighted by Gasteiger charge is 2.27. The highest BCUT2D eigenvalue weighted by Crippen LogP contribution is 2.28. The van der Waals surface area contributed by atoms with E-state index in [2.05, 4.69) is 15.6 Å². The van der Waals surface area contributed by atoms with Gasteiger partial charge in [-0.1, -0.05) is 6.07 Å². The monoisotopic (exact) mass is 408 g/mol. The summed E-state index contributed by atoms with van der Waals surface area (Å²) in [5, 5.41) is 5.38. The summed E-state index contributed by atoms with van der Waals surface area (Å²) in [6, 6.07) is 3.80. The van der Waals surface area contributed by atoms with Crippen molar-refractivity contribution in [1.82, 2.24) is 15.2 Å². The van der Waals surface area contributed by atoms with Gasteiger partial charge in [-0.3, -0.25) is 5.32 Å². The zero-order valence-corrected chi connectivity index (χ0v) is 17.6. The van der Waals surface area contributed by atoms with E-state index in [1.807, 2.05) is 32.9 Å². The van der Waals surface area contributed by atoms with Crippen molar-refractivity contribution in [3.05, 3.63) is 23.9 Å². The summed E-state index contributed by atoms with van der Waals surface area (Å²) >= 11 is 5.05. The molecule has 0 radical (unpaired) electrons. The van der Waals surface area contributed by atoms with E-state index in [0.717, 1.165) is 18.4 Å². The topological polar surface area (TPSA) is 92.8 Å². The van der Waals surface area contributed by atoms with Gasteiger partial charge in [0.15, 0.2) is 5.11 Å². The third-order valence-electron chi connectivity index (χ3n) is 4.14. The molecule has 154 valence electrons. The van der Waals surface area contributed by atoms with E-state index in [1.54, 1.807) is 18.0 Å². The number of hydrogen-bond acceptors (Lipinski definition) is 6. The molecule has 2 amide bonds. The quantitative estimate of drug-likeness (QED) is 0.738. The molecule has 0 unspecified atom stereocenters. The molecule has 2 N–H and O–H groups in total. The lowest BCUT2D eigenvalue weighted by Gasteiger charge is -2.33. The number of likely N-dealkylation sites (tertiary alicyclic amines) is 1. The fourth-order valence-electron chi connectivity index (χ4n) is 2.85. The molecule has 0 aromatic carbocycles. The molecule has 9 heteroatoms. The Hall–Kier alpha value is -2.42.